The Labute approximate surface area is 110 Å². The fraction of sp³-hybridized carbons (Fsp3) is 0.300. The highest BCUT2D eigenvalue weighted by atomic mass is 32.2. The van der Waals surface area contributed by atoms with Crippen LogP contribution >= 0.6 is 0 Å². The molecule has 1 aromatic carbocycles. The third-order valence-electron chi connectivity index (χ3n) is 2.00. The van der Waals surface area contributed by atoms with Crippen LogP contribution in [0, 0.1) is 0 Å². The summed E-state index contributed by atoms with van der Waals surface area (Å²) >= 11 is 0. The van der Waals surface area contributed by atoms with Gasteiger partial charge in [0.2, 0.25) is 10.0 Å². The van der Waals surface area contributed by atoms with E-state index in [0.717, 1.165) is 5.56 Å². The lowest BCUT2D eigenvalue weighted by molar-refractivity contribution is 0.140. The molecule has 0 atom stereocenters. The molecule has 0 saturated heterocycles. The van der Waals surface area contributed by atoms with Crippen LogP contribution in [0.3, 0.4) is 0 Å². The average Bonchev–Trinajstić information content (AvgIpc) is 2.37. The van der Waals surface area contributed by atoms with Crippen LogP contribution in [-0.4, -0.2) is 26.8 Å². The molecule has 9 heteroatoms. The van der Waals surface area contributed by atoms with Gasteiger partial charge in [-0.05, 0) is 11.1 Å². The number of hydrogen-bond donors (Lipinski definition) is 1. The van der Waals surface area contributed by atoms with Crippen LogP contribution in [0.1, 0.15) is 5.56 Å². The van der Waals surface area contributed by atoms with Crippen LogP contribution < -0.4 is 5.32 Å². The molecule has 0 saturated carbocycles. The Morgan fingerprint density at radius 2 is 2.05 bits per heavy atom. The van der Waals surface area contributed by atoms with E-state index in [4.69, 9.17) is 10.3 Å². The van der Waals surface area contributed by atoms with Crippen molar-refractivity contribution < 1.29 is 17.9 Å². The zero-order valence-corrected chi connectivity index (χ0v) is 10.7. The Balaban J connectivity index is 2.27. The second kappa shape index (κ2) is 7.24. The van der Waals surface area contributed by atoms with E-state index in [-0.39, 0.29) is 13.2 Å². The number of sulfonamides is 1. The van der Waals surface area contributed by atoms with Gasteiger partial charge in [-0.15, -0.1) is 0 Å². The molecule has 1 rings (SSSR count). The molecule has 102 valence electrons. The molecule has 1 N–H and O–H groups in total. The Kier molecular flexibility index (Phi) is 5.65. The summed E-state index contributed by atoms with van der Waals surface area (Å²) in [4.78, 5) is 13.4. The normalized spacial score (nSPS) is 10.3. The molecule has 0 aliphatic heterocycles. The molecule has 0 unspecified atom stereocenters. The topological polar surface area (TPSA) is 121 Å². The quantitative estimate of drug-likeness (QED) is 0.483. The fourth-order valence-corrected chi connectivity index (χ4v) is 1.71. The van der Waals surface area contributed by atoms with E-state index < -0.39 is 21.9 Å². The molecule has 1 amide bonds. The number of alkyl carbamates (subject to hydrolysis) is 1. The van der Waals surface area contributed by atoms with Crippen molar-refractivity contribution in [1.82, 2.24) is 5.32 Å². The number of carbonyl (C=O) groups is 1. The van der Waals surface area contributed by atoms with E-state index in [9.17, 15) is 13.2 Å². The molecular formula is C10H12N4O4S. The smallest absolute Gasteiger partial charge is 0.407 e. The molecule has 0 fully saturated rings. The fourth-order valence-electron chi connectivity index (χ4n) is 1.15. The Hall–Kier alpha value is -2.25. The van der Waals surface area contributed by atoms with Crippen molar-refractivity contribution in [3.05, 3.63) is 46.3 Å². The highest BCUT2D eigenvalue weighted by molar-refractivity contribution is 7.90. The number of ether oxygens (including phenoxy) is 1. The summed E-state index contributed by atoms with van der Waals surface area (Å²) < 4.78 is 29.4. The van der Waals surface area contributed by atoms with Crippen molar-refractivity contribution >= 4 is 16.1 Å². The summed E-state index contributed by atoms with van der Waals surface area (Å²) in [6.45, 7) is -0.0925. The number of amides is 1. The number of hydrogen-bond acceptors (Lipinski definition) is 4. The van der Waals surface area contributed by atoms with Gasteiger partial charge in [-0.2, -0.15) is 0 Å². The van der Waals surface area contributed by atoms with Crippen molar-refractivity contribution in [3.63, 3.8) is 0 Å². The third kappa shape index (κ3) is 6.29. The van der Waals surface area contributed by atoms with Gasteiger partial charge in [0.1, 0.15) is 6.61 Å². The predicted molar refractivity (Wildman–Crippen MR) is 67.6 cm³/mol. The summed E-state index contributed by atoms with van der Waals surface area (Å²) in [6, 6.07) is 9.04. The minimum atomic E-state index is -3.86. The first-order valence-electron chi connectivity index (χ1n) is 5.27. The maximum Gasteiger partial charge on any atom is 0.407 e. The van der Waals surface area contributed by atoms with Crippen LogP contribution in [0.4, 0.5) is 4.79 Å². The number of azide groups is 1. The SMILES string of the molecule is [N-]=[N+]=NS(=O)(=O)CCNC(=O)OCc1ccccc1. The summed E-state index contributed by atoms with van der Waals surface area (Å²) in [7, 11) is -3.86. The number of benzene rings is 1. The van der Waals surface area contributed by atoms with Gasteiger partial charge < -0.3 is 10.1 Å². The highest BCUT2D eigenvalue weighted by Gasteiger charge is 2.09. The lowest BCUT2D eigenvalue weighted by Gasteiger charge is -2.06. The first kappa shape index (κ1) is 14.8. The van der Waals surface area contributed by atoms with Gasteiger partial charge in [0.05, 0.1) is 5.75 Å². The molecular weight excluding hydrogens is 272 g/mol. The van der Waals surface area contributed by atoms with Crippen molar-refractivity contribution in [2.45, 2.75) is 6.61 Å². The largest absolute Gasteiger partial charge is 0.445 e. The van der Waals surface area contributed by atoms with E-state index in [0.29, 0.717) is 0 Å². The van der Waals surface area contributed by atoms with Crippen molar-refractivity contribution in [2.75, 3.05) is 12.3 Å². The maximum absolute atomic E-state index is 11.2. The van der Waals surface area contributed by atoms with Crippen molar-refractivity contribution in [1.29, 1.82) is 0 Å². The van der Waals surface area contributed by atoms with E-state index in [1.165, 1.54) is 0 Å². The van der Waals surface area contributed by atoms with E-state index in [1.807, 2.05) is 18.2 Å². The Morgan fingerprint density at radius 3 is 2.68 bits per heavy atom. The summed E-state index contributed by atoms with van der Waals surface area (Å²) in [5, 5.41) is 2.24. The number of nitrogens with one attached hydrogen (secondary N) is 1. The lowest BCUT2D eigenvalue weighted by atomic mass is 10.2. The molecule has 0 spiro atoms. The van der Waals surface area contributed by atoms with Gasteiger partial charge in [0.25, 0.3) is 0 Å². The Bertz CT molecular complexity index is 566. The number of rotatable bonds is 6. The van der Waals surface area contributed by atoms with Gasteiger partial charge in [0, 0.05) is 16.0 Å². The molecule has 0 bridgehead atoms. The maximum atomic E-state index is 11.2. The second-order valence-electron chi connectivity index (χ2n) is 3.45. The van der Waals surface area contributed by atoms with Crippen LogP contribution in [0.5, 0.6) is 0 Å². The van der Waals surface area contributed by atoms with Gasteiger partial charge in [-0.3, -0.25) is 0 Å². The van der Waals surface area contributed by atoms with Crippen LogP contribution in [-0.2, 0) is 21.4 Å². The predicted octanol–water partition coefficient (Wildman–Crippen LogP) is 1.55. The van der Waals surface area contributed by atoms with Crippen molar-refractivity contribution in [3.8, 4) is 0 Å². The molecule has 8 nitrogen and oxygen atoms in total. The number of nitrogens with zero attached hydrogens (tertiary/aromatic N) is 3. The first-order chi connectivity index (χ1) is 9.03. The van der Waals surface area contributed by atoms with Crippen LogP contribution in [0.25, 0.3) is 10.4 Å². The minimum absolute atomic E-state index is 0.0930. The van der Waals surface area contributed by atoms with E-state index in [2.05, 4.69) is 14.7 Å². The summed E-state index contributed by atoms with van der Waals surface area (Å²) in [5.41, 5.74) is 8.81. The van der Waals surface area contributed by atoms with E-state index in [1.54, 1.807) is 12.1 Å². The molecule has 0 aromatic heterocycles. The number of carbonyl (C=O) groups excluding carboxylic acids is 1. The van der Waals surface area contributed by atoms with Crippen molar-refractivity contribution in [2.24, 2.45) is 4.52 Å². The van der Waals surface area contributed by atoms with Gasteiger partial charge in [-0.25, -0.2) is 13.2 Å². The van der Waals surface area contributed by atoms with Crippen LogP contribution in [0.15, 0.2) is 34.9 Å². The average molecular weight is 284 g/mol. The molecule has 19 heavy (non-hydrogen) atoms. The Morgan fingerprint density at radius 1 is 1.37 bits per heavy atom. The molecule has 0 aliphatic rings. The van der Waals surface area contributed by atoms with Gasteiger partial charge >= 0.3 is 6.09 Å². The second-order valence-corrected chi connectivity index (χ2v) is 5.18. The van der Waals surface area contributed by atoms with Gasteiger partial charge in [0.15, 0.2) is 0 Å². The monoisotopic (exact) mass is 284 g/mol. The van der Waals surface area contributed by atoms with Crippen LogP contribution in [0.2, 0.25) is 0 Å². The standard InChI is InChI=1S/C10H12N4O4S/c11-13-14-19(16,17)7-6-12-10(15)18-8-9-4-2-1-3-5-9/h1-5H,6-8H2,(H,12,15). The van der Waals surface area contributed by atoms with E-state index >= 15 is 0 Å². The third-order valence-corrected chi connectivity index (χ3v) is 3.04. The minimum Gasteiger partial charge on any atom is -0.445 e. The zero-order chi connectivity index (χ0) is 14.1. The highest BCUT2D eigenvalue weighted by Crippen LogP contribution is 2.00. The lowest BCUT2D eigenvalue weighted by Crippen LogP contribution is -2.29. The summed E-state index contributed by atoms with van der Waals surface area (Å²) in [6.07, 6.45) is -0.736. The molecule has 0 radical (unpaired) electrons. The summed E-state index contributed by atoms with van der Waals surface area (Å²) in [5.74, 6) is -0.475. The van der Waals surface area contributed by atoms with Gasteiger partial charge in [-0.1, -0.05) is 30.3 Å². The molecule has 0 heterocycles. The molecule has 0 aliphatic carbocycles. The zero-order valence-electron chi connectivity index (χ0n) is 9.89. The first-order valence-corrected chi connectivity index (χ1v) is 6.88. The molecule has 1 aromatic rings.